The number of halogens is 1. The minimum atomic E-state index is 0.186. The average Bonchev–Trinajstić information content (AvgIpc) is 3.55. The minimum absolute atomic E-state index is 0.186. The number of hydrogen-bond donors (Lipinski definition) is 0. The predicted molar refractivity (Wildman–Crippen MR) is 122 cm³/mol. The van der Waals surface area contributed by atoms with Crippen LogP contribution in [0.2, 0.25) is 5.02 Å². The summed E-state index contributed by atoms with van der Waals surface area (Å²) in [7, 11) is 0. The van der Waals surface area contributed by atoms with Crippen LogP contribution in [0.25, 0.3) is 16.7 Å². The fraction of sp³-hybridized carbons (Fsp3) is 0.478. The molecule has 162 valence electrons. The molecule has 0 atom stereocenters. The molecule has 0 N–H and O–H groups in total. The molecule has 0 spiro atoms. The molecule has 5 rings (SSSR count). The van der Waals surface area contributed by atoms with Gasteiger partial charge in [0.25, 0.3) is 0 Å². The van der Waals surface area contributed by atoms with Gasteiger partial charge in [0.15, 0.2) is 5.65 Å². The Kier molecular flexibility index (Phi) is 5.30. The second kappa shape index (κ2) is 8.11. The molecule has 1 aliphatic heterocycles. The number of rotatable bonds is 4. The number of aromatic nitrogens is 4. The number of nitrogens with zero attached hydrogens (tertiary/aromatic N) is 6. The van der Waals surface area contributed by atoms with Crippen LogP contribution in [0.5, 0.6) is 0 Å². The second-order valence-corrected chi connectivity index (χ2v) is 9.21. The summed E-state index contributed by atoms with van der Waals surface area (Å²) in [5, 5.41) is 6.21. The van der Waals surface area contributed by atoms with Crippen LogP contribution in [0.3, 0.4) is 0 Å². The Bertz CT molecular complexity index is 1120. The fourth-order valence-corrected chi connectivity index (χ4v) is 4.33. The molecular weight excluding hydrogens is 412 g/mol. The van der Waals surface area contributed by atoms with Gasteiger partial charge in [-0.3, -0.25) is 4.79 Å². The number of carbonyl (C=O) groups excluding carboxylic acids is 1. The summed E-state index contributed by atoms with van der Waals surface area (Å²) < 4.78 is 1.83. The summed E-state index contributed by atoms with van der Waals surface area (Å²) in [5.74, 6) is 2.47. The molecule has 8 heteroatoms. The highest BCUT2D eigenvalue weighted by Crippen LogP contribution is 2.32. The maximum atomic E-state index is 12.6. The lowest BCUT2D eigenvalue weighted by Crippen LogP contribution is -2.36. The number of benzene rings is 1. The number of carbonyl (C=O) groups is 1. The monoisotopic (exact) mass is 438 g/mol. The van der Waals surface area contributed by atoms with E-state index in [0.29, 0.717) is 10.9 Å². The Labute approximate surface area is 187 Å². The van der Waals surface area contributed by atoms with Gasteiger partial charge in [0.05, 0.1) is 17.3 Å². The van der Waals surface area contributed by atoms with E-state index in [1.807, 2.05) is 40.0 Å². The molecular formula is C23H27ClN6O. The first-order chi connectivity index (χ1) is 15.0. The Morgan fingerprint density at radius 1 is 1.13 bits per heavy atom. The first-order valence-electron chi connectivity index (χ1n) is 11.1. The van der Waals surface area contributed by atoms with Crippen LogP contribution in [-0.2, 0) is 4.79 Å². The third kappa shape index (κ3) is 3.99. The molecule has 3 aromatic rings. The molecule has 0 bridgehead atoms. The summed E-state index contributed by atoms with van der Waals surface area (Å²) in [5.41, 5.74) is 1.66. The van der Waals surface area contributed by atoms with E-state index in [0.717, 1.165) is 73.8 Å². The van der Waals surface area contributed by atoms with Crippen molar-refractivity contribution in [2.75, 3.05) is 31.1 Å². The molecule has 0 unspecified atom stereocenters. The number of hydrogen-bond acceptors (Lipinski definition) is 5. The Hall–Kier alpha value is -2.67. The van der Waals surface area contributed by atoms with Gasteiger partial charge in [-0.1, -0.05) is 31.5 Å². The number of amides is 1. The molecule has 1 saturated carbocycles. The van der Waals surface area contributed by atoms with Gasteiger partial charge in [0, 0.05) is 43.0 Å². The molecule has 7 nitrogen and oxygen atoms in total. The topological polar surface area (TPSA) is 67.2 Å². The van der Waals surface area contributed by atoms with Crippen molar-refractivity contribution in [2.45, 2.75) is 39.0 Å². The lowest BCUT2D eigenvalue weighted by atomic mass is 10.2. The third-order valence-electron chi connectivity index (χ3n) is 6.03. The van der Waals surface area contributed by atoms with Gasteiger partial charge >= 0.3 is 0 Å². The smallest absolute Gasteiger partial charge is 0.225 e. The zero-order chi connectivity index (χ0) is 21.5. The van der Waals surface area contributed by atoms with E-state index in [2.05, 4.69) is 23.8 Å². The fourth-order valence-electron chi connectivity index (χ4n) is 4.14. The summed E-state index contributed by atoms with van der Waals surface area (Å²) in [6, 6.07) is 7.63. The van der Waals surface area contributed by atoms with Gasteiger partial charge in [-0.2, -0.15) is 5.10 Å². The van der Waals surface area contributed by atoms with Crippen molar-refractivity contribution in [3.8, 4) is 5.69 Å². The van der Waals surface area contributed by atoms with Crippen molar-refractivity contribution in [1.82, 2.24) is 24.6 Å². The lowest BCUT2D eigenvalue weighted by Gasteiger charge is -2.24. The molecule has 0 radical (unpaired) electrons. The SMILES string of the molecule is CC(C)c1nc(N2CCCN(C(=O)C3CC3)CC2)c2cnn(-c3cccc(Cl)c3)c2n1. The summed E-state index contributed by atoms with van der Waals surface area (Å²) >= 11 is 6.22. The van der Waals surface area contributed by atoms with Gasteiger partial charge in [0.2, 0.25) is 5.91 Å². The normalized spacial score (nSPS) is 17.4. The highest BCUT2D eigenvalue weighted by Gasteiger charge is 2.34. The third-order valence-corrected chi connectivity index (χ3v) is 6.26. The van der Waals surface area contributed by atoms with Gasteiger partial charge in [-0.05, 0) is 37.5 Å². The number of anilines is 1. The molecule has 1 amide bonds. The maximum Gasteiger partial charge on any atom is 0.225 e. The van der Waals surface area contributed by atoms with E-state index in [4.69, 9.17) is 21.6 Å². The van der Waals surface area contributed by atoms with Gasteiger partial charge in [0.1, 0.15) is 11.6 Å². The first-order valence-corrected chi connectivity index (χ1v) is 11.4. The van der Waals surface area contributed by atoms with Gasteiger partial charge in [-0.15, -0.1) is 0 Å². The van der Waals surface area contributed by atoms with Crippen molar-refractivity contribution in [2.24, 2.45) is 5.92 Å². The van der Waals surface area contributed by atoms with Crippen LogP contribution in [0.1, 0.15) is 44.9 Å². The van der Waals surface area contributed by atoms with E-state index in [1.54, 1.807) is 0 Å². The van der Waals surface area contributed by atoms with Crippen LogP contribution in [0, 0.1) is 5.92 Å². The molecule has 3 heterocycles. The van der Waals surface area contributed by atoms with E-state index >= 15 is 0 Å². The van der Waals surface area contributed by atoms with E-state index in [-0.39, 0.29) is 11.8 Å². The van der Waals surface area contributed by atoms with Gasteiger partial charge < -0.3 is 9.80 Å². The molecule has 1 saturated heterocycles. The van der Waals surface area contributed by atoms with E-state index in [9.17, 15) is 4.79 Å². The highest BCUT2D eigenvalue weighted by molar-refractivity contribution is 6.30. The Balaban J connectivity index is 1.52. The average molecular weight is 439 g/mol. The molecule has 2 aromatic heterocycles. The Morgan fingerprint density at radius 2 is 1.97 bits per heavy atom. The van der Waals surface area contributed by atoms with E-state index < -0.39 is 0 Å². The maximum absolute atomic E-state index is 12.6. The van der Waals surface area contributed by atoms with Crippen LogP contribution < -0.4 is 4.90 Å². The summed E-state index contributed by atoms with van der Waals surface area (Å²) in [6.07, 6.45) is 4.87. The van der Waals surface area contributed by atoms with Crippen molar-refractivity contribution < 1.29 is 4.79 Å². The molecule has 31 heavy (non-hydrogen) atoms. The van der Waals surface area contributed by atoms with Crippen molar-refractivity contribution >= 4 is 34.4 Å². The van der Waals surface area contributed by atoms with Crippen molar-refractivity contribution in [3.05, 3.63) is 41.3 Å². The second-order valence-electron chi connectivity index (χ2n) is 8.77. The van der Waals surface area contributed by atoms with Crippen LogP contribution >= 0.6 is 11.6 Å². The molecule has 2 aliphatic rings. The van der Waals surface area contributed by atoms with Crippen molar-refractivity contribution in [1.29, 1.82) is 0 Å². The zero-order valence-electron chi connectivity index (χ0n) is 18.0. The number of fused-ring (bicyclic) bond motifs is 1. The van der Waals surface area contributed by atoms with Crippen LogP contribution in [-0.4, -0.2) is 56.7 Å². The highest BCUT2D eigenvalue weighted by atomic mass is 35.5. The molecule has 1 aliphatic carbocycles. The lowest BCUT2D eigenvalue weighted by molar-refractivity contribution is -0.132. The standard InChI is InChI=1S/C23H27ClN6O/c1-15(2)20-26-21(28-9-4-10-29(12-11-28)23(31)16-7-8-16)19-14-25-30(22(19)27-20)18-6-3-5-17(24)13-18/h3,5-6,13-16H,4,7-12H2,1-2H3. The van der Waals surface area contributed by atoms with E-state index in [1.165, 1.54) is 0 Å². The predicted octanol–water partition coefficient (Wildman–Crippen LogP) is 4.04. The minimum Gasteiger partial charge on any atom is -0.354 e. The van der Waals surface area contributed by atoms with Crippen LogP contribution in [0.15, 0.2) is 30.5 Å². The molecule has 2 fully saturated rings. The molecule has 1 aromatic carbocycles. The van der Waals surface area contributed by atoms with Crippen LogP contribution in [0.4, 0.5) is 5.82 Å². The summed E-state index contributed by atoms with van der Waals surface area (Å²) in [6.45, 7) is 7.39. The largest absolute Gasteiger partial charge is 0.354 e. The summed E-state index contributed by atoms with van der Waals surface area (Å²) in [4.78, 5) is 26.7. The Morgan fingerprint density at radius 3 is 2.71 bits per heavy atom. The first kappa shape index (κ1) is 20.2. The zero-order valence-corrected chi connectivity index (χ0v) is 18.7. The van der Waals surface area contributed by atoms with Crippen molar-refractivity contribution in [3.63, 3.8) is 0 Å². The van der Waals surface area contributed by atoms with Gasteiger partial charge in [-0.25, -0.2) is 14.6 Å². The quantitative estimate of drug-likeness (QED) is 0.615.